The average molecular weight is 459 g/mol. The van der Waals surface area contributed by atoms with Crippen LogP contribution < -0.4 is 0 Å². The first-order valence-electron chi connectivity index (χ1n) is 10.1. The molecule has 9 heteroatoms. The van der Waals surface area contributed by atoms with E-state index in [0.29, 0.717) is 29.9 Å². The van der Waals surface area contributed by atoms with Gasteiger partial charge in [0.1, 0.15) is 11.6 Å². The van der Waals surface area contributed by atoms with Crippen LogP contribution in [0.5, 0.6) is 0 Å². The highest BCUT2D eigenvalue weighted by molar-refractivity contribution is 7.89. The minimum Gasteiger partial charge on any atom is -0.335 e. The Bertz CT molecular complexity index is 1250. The third-order valence-electron chi connectivity index (χ3n) is 5.31. The smallest absolute Gasteiger partial charge is 0.242 e. The molecule has 0 aliphatic rings. The molecule has 0 bridgehead atoms. The number of aryl methyl sites for hydroxylation is 2. The molecule has 0 saturated carbocycles. The third-order valence-corrected chi connectivity index (χ3v) is 7.12. The molecule has 1 aromatic heterocycles. The van der Waals surface area contributed by atoms with Gasteiger partial charge < -0.3 is 9.47 Å². The number of hydrogen-bond acceptors (Lipinski definition) is 4. The van der Waals surface area contributed by atoms with E-state index in [1.807, 2.05) is 11.6 Å². The van der Waals surface area contributed by atoms with Crippen molar-refractivity contribution in [1.29, 1.82) is 0 Å². The summed E-state index contributed by atoms with van der Waals surface area (Å²) in [6.45, 7) is 4.16. The number of hydrogen-bond donors (Lipinski definition) is 0. The molecule has 0 aliphatic carbocycles. The van der Waals surface area contributed by atoms with Crippen LogP contribution in [-0.2, 0) is 34.8 Å². The Labute approximate surface area is 187 Å². The number of aromatic nitrogens is 2. The van der Waals surface area contributed by atoms with E-state index in [1.54, 1.807) is 41.3 Å². The molecule has 0 unspecified atom stereocenters. The highest BCUT2D eigenvalue weighted by atomic mass is 32.2. The quantitative estimate of drug-likeness (QED) is 0.462. The van der Waals surface area contributed by atoms with E-state index in [9.17, 15) is 17.6 Å². The van der Waals surface area contributed by atoms with E-state index >= 15 is 0 Å². The van der Waals surface area contributed by atoms with Crippen LogP contribution in [0.25, 0.3) is 11.0 Å². The fraction of sp³-hybridized carbons (Fsp3) is 0.304. The van der Waals surface area contributed by atoms with Crippen molar-refractivity contribution in [3.63, 3.8) is 0 Å². The molecule has 170 valence electrons. The van der Waals surface area contributed by atoms with Gasteiger partial charge in [0, 0.05) is 52.6 Å². The van der Waals surface area contributed by atoms with Gasteiger partial charge in [-0.05, 0) is 24.3 Å². The number of fused-ring (bicyclic) bond motifs is 1. The maximum atomic E-state index is 14.0. The fourth-order valence-corrected chi connectivity index (χ4v) is 4.37. The zero-order valence-corrected chi connectivity index (χ0v) is 19.3. The van der Waals surface area contributed by atoms with Gasteiger partial charge >= 0.3 is 0 Å². The number of carbonyl (C=O) groups is 1. The first-order valence-corrected chi connectivity index (χ1v) is 11.6. The lowest BCUT2D eigenvalue weighted by Crippen LogP contribution is -2.31. The van der Waals surface area contributed by atoms with Gasteiger partial charge in [-0.3, -0.25) is 4.79 Å². The molecule has 0 atom stereocenters. The van der Waals surface area contributed by atoms with Crippen molar-refractivity contribution in [1.82, 2.24) is 18.8 Å². The SMILES string of the molecule is C=CCN(Cc1ccccc1F)C(=O)CCc1nc2cc(S(=O)(=O)N(C)C)ccc2n1C. The molecule has 3 aromatic rings. The molecule has 0 fully saturated rings. The summed E-state index contributed by atoms with van der Waals surface area (Å²) in [4.78, 5) is 19.1. The first-order chi connectivity index (χ1) is 15.1. The van der Waals surface area contributed by atoms with Gasteiger partial charge in [0.2, 0.25) is 15.9 Å². The van der Waals surface area contributed by atoms with Crippen LogP contribution >= 0.6 is 0 Å². The molecule has 0 N–H and O–H groups in total. The Morgan fingerprint density at radius 1 is 1.22 bits per heavy atom. The molecule has 1 amide bonds. The number of carbonyl (C=O) groups excluding carboxylic acids is 1. The molecular weight excluding hydrogens is 431 g/mol. The minimum absolute atomic E-state index is 0.143. The second-order valence-electron chi connectivity index (χ2n) is 7.68. The molecule has 0 radical (unpaired) electrons. The van der Waals surface area contributed by atoms with E-state index < -0.39 is 10.0 Å². The van der Waals surface area contributed by atoms with E-state index in [2.05, 4.69) is 11.6 Å². The topological polar surface area (TPSA) is 75.5 Å². The lowest BCUT2D eigenvalue weighted by Gasteiger charge is -2.21. The molecule has 1 heterocycles. The van der Waals surface area contributed by atoms with E-state index in [0.717, 1.165) is 9.82 Å². The Morgan fingerprint density at radius 3 is 2.59 bits per heavy atom. The number of amides is 1. The molecule has 2 aromatic carbocycles. The van der Waals surface area contributed by atoms with Gasteiger partial charge in [-0.1, -0.05) is 24.3 Å². The number of imidazole rings is 1. The monoisotopic (exact) mass is 458 g/mol. The van der Waals surface area contributed by atoms with Crippen molar-refractivity contribution in [2.45, 2.75) is 24.3 Å². The largest absolute Gasteiger partial charge is 0.335 e. The van der Waals surface area contributed by atoms with Crippen LogP contribution in [0.2, 0.25) is 0 Å². The molecule has 0 aliphatic heterocycles. The van der Waals surface area contributed by atoms with E-state index in [-0.39, 0.29) is 29.6 Å². The molecule has 3 rings (SSSR count). The van der Waals surface area contributed by atoms with Crippen LogP contribution in [0.15, 0.2) is 60.0 Å². The highest BCUT2D eigenvalue weighted by Gasteiger charge is 2.20. The van der Waals surface area contributed by atoms with Crippen LogP contribution in [0.3, 0.4) is 0 Å². The third kappa shape index (κ3) is 4.89. The number of nitrogens with zero attached hydrogens (tertiary/aromatic N) is 4. The van der Waals surface area contributed by atoms with Crippen molar-refractivity contribution in [3.05, 3.63) is 72.3 Å². The summed E-state index contributed by atoms with van der Waals surface area (Å²) in [7, 11) is 1.22. The van der Waals surface area contributed by atoms with Gasteiger partial charge in [0.25, 0.3) is 0 Å². The Balaban J connectivity index is 1.78. The average Bonchev–Trinajstić information content (AvgIpc) is 3.08. The van der Waals surface area contributed by atoms with Crippen LogP contribution in [-0.4, -0.2) is 53.7 Å². The predicted octanol–water partition coefficient (Wildman–Crippen LogP) is 3.11. The first kappa shape index (κ1) is 23.6. The summed E-state index contributed by atoms with van der Waals surface area (Å²) < 4.78 is 41.8. The molecule has 32 heavy (non-hydrogen) atoms. The van der Waals surface area contributed by atoms with Gasteiger partial charge in [-0.25, -0.2) is 22.1 Å². The van der Waals surface area contributed by atoms with Crippen molar-refractivity contribution < 1.29 is 17.6 Å². The lowest BCUT2D eigenvalue weighted by molar-refractivity contribution is -0.131. The van der Waals surface area contributed by atoms with Crippen LogP contribution in [0.4, 0.5) is 4.39 Å². The van der Waals surface area contributed by atoms with Gasteiger partial charge in [-0.15, -0.1) is 6.58 Å². The maximum Gasteiger partial charge on any atom is 0.242 e. The van der Waals surface area contributed by atoms with Crippen LogP contribution in [0, 0.1) is 5.82 Å². The van der Waals surface area contributed by atoms with E-state index in [4.69, 9.17) is 0 Å². The molecular formula is C23H27FN4O3S. The van der Waals surface area contributed by atoms with Crippen molar-refractivity contribution >= 4 is 27.0 Å². The van der Waals surface area contributed by atoms with Gasteiger partial charge in [0.05, 0.1) is 15.9 Å². The highest BCUT2D eigenvalue weighted by Crippen LogP contribution is 2.22. The van der Waals surface area contributed by atoms with Crippen LogP contribution in [0.1, 0.15) is 17.8 Å². The summed E-state index contributed by atoms with van der Waals surface area (Å²) in [6.07, 6.45) is 2.16. The number of rotatable bonds is 9. The Hall–Kier alpha value is -3.04. The summed E-state index contributed by atoms with van der Waals surface area (Å²) in [5.41, 5.74) is 1.77. The summed E-state index contributed by atoms with van der Waals surface area (Å²) in [5.74, 6) is 0.168. The molecule has 0 saturated heterocycles. The fourth-order valence-electron chi connectivity index (χ4n) is 3.44. The predicted molar refractivity (Wildman–Crippen MR) is 122 cm³/mol. The molecule has 0 spiro atoms. The molecule has 7 nitrogen and oxygen atoms in total. The van der Waals surface area contributed by atoms with Crippen molar-refractivity contribution in [2.75, 3.05) is 20.6 Å². The minimum atomic E-state index is -3.57. The van der Waals surface area contributed by atoms with Crippen molar-refractivity contribution in [3.8, 4) is 0 Å². The standard InChI is InChI=1S/C23H27FN4O3S/c1-5-14-28(16-17-8-6-7-9-19(17)24)23(29)13-12-22-25-20-15-18(32(30,31)26(2)3)10-11-21(20)27(22)4/h5-11,15H,1,12-14,16H2,2-4H3. The van der Waals surface area contributed by atoms with Gasteiger partial charge in [-0.2, -0.15) is 0 Å². The summed E-state index contributed by atoms with van der Waals surface area (Å²) >= 11 is 0. The summed E-state index contributed by atoms with van der Waals surface area (Å²) in [5, 5.41) is 0. The Morgan fingerprint density at radius 2 is 1.94 bits per heavy atom. The van der Waals surface area contributed by atoms with Crippen molar-refractivity contribution in [2.24, 2.45) is 7.05 Å². The zero-order valence-electron chi connectivity index (χ0n) is 18.5. The zero-order chi connectivity index (χ0) is 23.5. The van der Waals surface area contributed by atoms with Gasteiger partial charge in [0.15, 0.2) is 0 Å². The number of halogens is 1. The number of benzene rings is 2. The second-order valence-corrected chi connectivity index (χ2v) is 9.83. The number of sulfonamides is 1. The lowest BCUT2D eigenvalue weighted by atomic mass is 10.2. The normalized spacial score (nSPS) is 11.8. The second kappa shape index (κ2) is 9.62. The van der Waals surface area contributed by atoms with E-state index in [1.165, 1.54) is 26.2 Å². The maximum absolute atomic E-state index is 14.0. The Kier molecular flexibility index (Phi) is 7.10. The summed E-state index contributed by atoms with van der Waals surface area (Å²) in [6, 6.07) is 11.2.